The van der Waals surface area contributed by atoms with Crippen LogP contribution in [-0.2, 0) is 18.3 Å². The zero-order chi connectivity index (χ0) is 17.6. The monoisotopic (exact) mass is 347 g/mol. The van der Waals surface area contributed by atoms with Crippen molar-refractivity contribution in [2.24, 2.45) is 7.05 Å². The number of urea groups is 1. The van der Waals surface area contributed by atoms with Crippen LogP contribution in [0.1, 0.15) is 5.76 Å². The molecule has 2 N–H and O–H groups in total. The molecule has 9 heteroatoms. The molecule has 0 radical (unpaired) electrons. The number of carbonyl (C=O) groups is 1. The van der Waals surface area contributed by atoms with Gasteiger partial charge in [0.1, 0.15) is 5.76 Å². The molecule has 1 saturated heterocycles. The Balaban J connectivity index is 1.49. The first-order chi connectivity index (χ1) is 12.1. The molecule has 0 spiro atoms. The predicted octanol–water partition coefficient (Wildman–Crippen LogP) is 0.396. The zero-order valence-electron chi connectivity index (χ0n) is 14.0. The van der Waals surface area contributed by atoms with Gasteiger partial charge < -0.3 is 29.3 Å². The lowest BCUT2D eigenvalue weighted by molar-refractivity contribution is -0.00662. The highest BCUT2D eigenvalue weighted by molar-refractivity contribution is 5.74. The van der Waals surface area contributed by atoms with Crippen LogP contribution in [0.15, 0.2) is 40.0 Å². The zero-order valence-corrected chi connectivity index (χ0v) is 14.0. The lowest BCUT2D eigenvalue weighted by Gasteiger charge is -2.33. The van der Waals surface area contributed by atoms with Crippen molar-refractivity contribution in [3.63, 3.8) is 0 Å². The fourth-order valence-electron chi connectivity index (χ4n) is 2.54. The number of hydrogen-bond acceptors (Lipinski definition) is 6. The maximum Gasteiger partial charge on any atom is 0.317 e. The molecule has 1 fully saturated rings. The van der Waals surface area contributed by atoms with Gasteiger partial charge in [-0.1, -0.05) is 0 Å². The first kappa shape index (κ1) is 17.0. The summed E-state index contributed by atoms with van der Waals surface area (Å²) in [6, 6.07) is 3.41. The summed E-state index contributed by atoms with van der Waals surface area (Å²) in [5.74, 6) is 0.971. The molecule has 134 valence electrons. The summed E-state index contributed by atoms with van der Waals surface area (Å²) in [4.78, 5) is 29.9. The largest absolute Gasteiger partial charge is 0.467 e. The number of amides is 2. The van der Waals surface area contributed by atoms with Crippen LogP contribution in [0.3, 0.4) is 0 Å². The second-order valence-corrected chi connectivity index (χ2v) is 5.75. The van der Waals surface area contributed by atoms with E-state index in [0.717, 1.165) is 0 Å². The minimum absolute atomic E-state index is 0.168. The summed E-state index contributed by atoms with van der Waals surface area (Å²) in [6.45, 7) is 2.14. The van der Waals surface area contributed by atoms with E-state index in [4.69, 9.17) is 9.15 Å². The van der Waals surface area contributed by atoms with Gasteiger partial charge in [-0.3, -0.25) is 4.79 Å². The Hall–Kier alpha value is -2.81. The van der Waals surface area contributed by atoms with Gasteiger partial charge in [-0.25, -0.2) is 9.78 Å². The molecule has 3 rings (SSSR count). The molecular weight excluding hydrogens is 326 g/mol. The van der Waals surface area contributed by atoms with Gasteiger partial charge in [0.05, 0.1) is 32.1 Å². The number of ether oxygens (including phenoxy) is 1. The highest BCUT2D eigenvalue weighted by Crippen LogP contribution is 2.07. The maximum atomic E-state index is 12.2. The molecule has 0 aliphatic carbocycles. The number of furan rings is 1. The number of morpholine rings is 1. The van der Waals surface area contributed by atoms with Gasteiger partial charge in [0.25, 0.3) is 5.56 Å². The molecule has 1 aliphatic heterocycles. The van der Waals surface area contributed by atoms with Crippen LogP contribution < -0.4 is 16.2 Å². The van der Waals surface area contributed by atoms with Crippen molar-refractivity contribution in [3.05, 3.63) is 46.9 Å². The fraction of sp³-hybridized carbons (Fsp3) is 0.438. The van der Waals surface area contributed by atoms with E-state index in [9.17, 15) is 9.59 Å². The standard InChI is InChI=1S/C16H21N5O4/c1-20-5-4-17-14(15(20)22)18-10-13-11-21(6-8-25-13)16(23)19-9-12-3-2-7-24-12/h2-5,7,13H,6,8-11H2,1H3,(H,17,18)(H,19,23)/t13-/m0/s1. The summed E-state index contributed by atoms with van der Waals surface area (Å²) in [5.41, 5.74) is -0.202. The average Bonchev–Trinajstić information content (AvgIpc) is 3.15. The molecule has 0 aromatic carbocycles. The SMILES string of the molecule is Cn1ccnc(NC[C@H]2CN(C(=O)NCc3ccco3)CCO2)c1=O. The number of nitrogens with one attached hydrogen (secondary N) is 2. The van der Waals surface area contributed by atoms with Crippen molar-refractivity contribution in [1.29, 1.82) is 0 Å². The Kier molecular flexibility index (Phi) is 5.34. The van der Waals surface area contributed by atoms with Crippen molar-refractivity contribution < 1.29 is 13.9 Å². The number of anilines is 1. The lowest BCUT2D eigenvalue weighted by Crippen LogP contribution is -2.51. The third-order valence-corrected chi connectivity index (χ3v) is 3.93. The number of nitrogens with zero attached hydrogens (tertiary/aromatic N) is 3. The Morgan fingerprint density at radius 3 is 3.16 bits per heavy atom. The van der Waals surface area contributed by atoms with Gasteiger partial charge in [-0.15, -0.1) is 0 Å². The minimum atomic E-state index is -0.213. The number of hydrogen-bond donors (Lipinski definition) is 2. The highest BCUT2D eigenvalue weighted by Gasteiger charge is 2.24. The van der Waals surface area contributed by atoms with Crippen molar-refractivity contribution in [2.45, 2.75) is 12.6 Å². The molecule has 2 aromatic rings. The van der Waals surface area contributed by atoms with Gasteiger partial charge >= 0.3 is 6.03 Å². The van der Waals surface area contributed by atoms with E-state index in [-0.39, 0.29) is 23.5 Å². The Morgan fingerprint density at radius 1 is 1.48 bits per heavy atom. The second-order valence-electron chi connectivity index (χ2n) is 5.75. The van der Waals surface area contributed by atoms with E-state index < -0.39 is 0 Å². The lowest BCUT2D eigenvalue weighted by atomic mass is 10.2. The normalized spacial score (nSPS) is 17.3. The summed E-state index contributed by atoms with van der Waals surface area (Å²) in [7, 11) is 1.66. The summed E-state index contributed by atoms with van der Waals surface area (Å²) < 4.78 is 12.3. The van der Waals surface area contributed by atoms with Crippen LogP contribution in [0.4, 0.5) is 10.6 Å². The predicted molar refractivity (Wildman–Crippen MR) is 90.2 cm³/mol. The number of aromatic nitrogens is 2. The van der Waals surface area contributed by atoms with E-state index in [0.29, 0.717) is 38.5 Å². The maximum absolute atomic E-state index is 12.2. The van der Waals surface area contributed by atoms with Gasteiger partial charge in [-0.05, 0) is 12.1 Å². The van der Waals surface area contributed by atoms with Crippen molar-refractivity contribution in [1.82, 2.24) is 19.8 Å². The van der Waals surface area contributed by atoms with Gasteiger partial charge in [-0.2, -0.15) is 0 Å². The first-order valence-electron chi connectivity index (χ1n) is 8.06. The van der Waals surface area contributed by atoms with Crippen molar-refractivity contribution in [2.75, 3.05) is 31.6 Å². The van der Waals surface area contributed by atoms with E-state index in [1.165, 1.54) is 4.57 Å². The van der Waals surface area contributed by atoms with Crippen LogP contribution in [-0.4, -0.2) is 52.8 Å². The molecular formula is C16H21N5O4. The summed E-state index contributed by atoms with van der Waals surface area (Å²) in [5, 5.41) is 5.81. The van der Waals surface area contributed by atoms with Gasteiger partial charge in [0.2, 0.25) is 0 Å². The van der Waals surface area contributed by atoms with Crippen molar-refractivity contribution >= 4 is 11.8 Å². The first-order valence-corrected chi connectivity index (χ1v) is 8.06. The minimum Gasteiger partial charge on any atom is -0.467 e. The molecule has 3 heterocycles. The van der Waals surface area contributed by atoms with E-state index in [1.807, 2.05) is 0 Å². The van der Waals surface area contributed by atoms with Crippen LogP contribution in [0, 0.1) is 0 Å². The van der Waals surface area contributed by atoms with E-state index in [1.54, 1.807) is 42.7 Å². The average molecular weight is 347 g/mol. The van der Waals surface area contributed by atoms with E-state index >= 15 is 0 Å². The fourth-order valence-corrected chi connectivity index (χ4v) is 2.54. The highest BCUT2D eigenvalue weighted by atomic mass is 16.5. The smallest absolute Gasteiger partial charge is 0.317 e. The summed E-state index contributed by atoms with van der Waals surface area (Å²) in [6.07, 6.45) is 4.50. The van der Waals surface area contributed by atoms with Crippen LogP contribution in [0.2, 0.25) is 0 Å². The number of rotatable bonds is 5. The molecule has 9 nitrogen and oxygen atoms in total. The molecule has 0 unspecified atom stereocenters. The quantitative estimate of drug-likeness (QED) is 0.812. The van der Waals surface area contributed by atoms with Gasteiger partial charge in [0, 0.05) is 32.5 Å². The third kappa shape index (κ3) is 4.38. The van der Waals surface area contributed by atoms with Crippen molar-refractivity contribution in [3.8, 4) is 0 Å². The van der Waals surface area contributed by atoms with Crippen LogP contribution >= 0.6 is 0 Å². The second kappa shape index (κ2) is 7.84. The van der Waals surface area contributed by atoms with Gasteiger partial charge in [0.15, 0.2) is 5.82 Å². The Labute approximate surface area is 144 Å². The van der Waals surface area contributed by atoms with E-state index in [2.05, 4.69) is 15.6 Å². The molecule has 0 saturated carbocycles. The molecule has 1 atom stereocenters. The third-order valence-electron chi connectivity index (χ3n) is 3.93. The molecule has 1 aliphatic rings. The van der Waals surface area contributed by atoms with Crippen LogP contribution in [0.25, 0.3) is 0 Å². The Morgan fingerprint density at radius 2 is 2.36 bits per heavy atom. The number of carbonyl (C=O) groups excluding carboxylic acids is 1. The molecule has 2 amide bonds. The Bertz CT molecular complexity index is 758. The topological polar surface area (TPSA) is 102 Å². The summed E-state index contributed by atoms with van der Waals surface area (Å²) >= 11 is 0. The van der Waals surface area contributed by atoms with Crippen LogP contribution in [0.5, 0.6) is 0 Å². The molecule has 2 aromatic heterocycles. The number of aryl methyl sites for hydroxylation is 1. The molecule has 0 bridgehead atoms. The molecule has 25 heavy (non-hydrogen) atoms.